The van der Waals surface area contributed by atoms with Gasteiger partial charge < -0.3 is 10.6 Å². The van der Waals surface area contributed by atoms with Crippen LogP contribution in [0.5, 0.6) is 0 Å². The average Bonchev–Trinajstić information content (AvgIpc) is 2.31. The lowest BCUT2D eigenvalue weighted by molar-refractivity contribution is 0.590. The highest BCUT2D eigenvalue weighted by Crippen LogP contribution is 2.23. The number of hydrogen-bond acceptors (Lipinski definition) is 4. The van der Waals surface area contributed by atoms with E-state index in [1.165, 1.54) is 18.2 Å². The van der Waals surface area contributed by atoms with Gasteiger partial charge in [0, 0.05) is 17.3 Å². The molecule has 0 amide bonds. The van der Waals surface area contributed by atoms with E-state index in [9.17, 15) is 8.78 Å². The van der Waals surface area contributed by atoms with E-state index in [0.29, 0.717) is 17.5 Å². The zero-order valence-electron chi connectivity index (χ0n) is 12.5. The Bertz CT molecular complexity index is 630. The van der Waals surface area contributed by atoms with Gasteiger partial charge in [-0.25, -0.2) is 13.8 Å². The zero-order valence-corrected chi connectivity index (χ0v) is 12.5. The Balaban J connectivity index is 2.32. The molecule has 0 bridgehead atoms. The van der Waals surface area contributed by atoms with Crippen LogP contribution in [0.15, 0.2) is 24.3 Å². The van der Waals surface area contributed by atoms with Crippen LogP contribution in [0.3, 0.4) is 0 Å². The smallest absolute Gasteiger partial charge is 0.225 e. The molecule has 0 saturated heterocycles. The third-order valence-corrected chi connectivity index (χ3v) is 2.56. The largest absolute Gasteiger partial charge is 0.350 e. The summed E-state index contributed by atoms with van der Waals surface area (Å²) in [5, 5.41) is 5.79. The van der Waals surface area contributed by atoms with Gasteiger partial charge in [0.1, 0.15) is 23.1 Å². The standard InChI is InChI=1S/C15H18F2N4/c1-9-8-12(20-14(18-9)21-15(2,3)4)19-13-10(16)6-5-7-11(13)17/h5-8H,1-4H3,(H2,18,19,20,21). The van der Waals surface area contributed by atoms with E-state index in [1.54, 1.807) is 13.0 Å². The van der Waals surface area contributed by atoms with Gasteiger partial charge in [-0.2, -0.15) is 4.98 Å². The third-order valence-electron chi connectivity index (χ3n) is 2.56. The van der Waals surface area contributed by atoms with Crippen molar-refractivity contribution in [2.24, 2.45) is 0 Å². The Hall–Kier alpha value is -2.24. The van der Waals surface area contributed by atoms with Gasteiger partial charge in [0.2, 0.25) is 5.95 Å². The lowest BCUT2D eigenvalue weighted by Crippen LogP contribution is -2.27. The summed E-state index contributed by atoms with van der Waals surface area (Å²) in [6.45, 7) is 7.71. The molecule has 2 aromatic rings. The number of rotatable bonds is 3. The second-order valence-corrected chi connectivity index (χ2v) is 5.81. The predicted octanol–water partition coefficient (Wildman–Crippen LogP) is 4.02. The fraction of sp³-hybridized carbons (Fsp3) is 0.333. The van der Waals surface area contributed by atoms with Crippen molar-refractivity contribution in [1.29, 1.82) is 0 Å². The Morgan fingerprint density at radius 3 is 2.24 bits per heavy atom. The number of aryl methyl sites for hydroxylation is 1. The van der Waals surface area contributed by atoms with E-state index in [0.717, 1.165) is 0 Å². The fourth-order valence-electron chi connectivity index (χ4n) is 1.77. The maximum atomic E-state index is 13.6. The van der Waals surface area contributed by atoms with Crippen LogP contribution in [0.25, 0.3) is 0 Å². The Kier molecular flexibility index (Phi) is 4.06. The first-order chi connectivity index (χ1) is 9.74. The zero-order chi connectivity index (χ0) is 15.6. The van der Waals surface area contributed by atoms with Crippen molar-refractivity contribution in [3.05, 3.63) is 41.6 Å². The molecule has 2 N–H and O–H groups in total. The lowest BCUT2D eigenvalue weighted by Gasteiger charge is -2.21. The Morgan fingerprint density at radius 2 is 1.67 bits per heavy atom. The topological polar surface area (TPSA) is 49.8 Å². The average molecular weight is 292 g/mol. The molecule has 0 atom stereocenters. The molecule has 0 fully saturated rings. The minimum absolute atomic E-state index is 0.214. The van der Waals surface area contributed by atoms with E-state index in [1.807, 2.05) is 20.8 Å². The van der Waals surface area contributed by atoms with Crippen molar-refractivity contribution in [2.75, 3.05) is 10.6 Å². The van der Waals surface area contributed by atoms with Crippen LogP contribution in [0.1, 0.15) is 26.5 Å². The van der Waals surface area contributed by atoms with Gasteiger partial charge in [0.15, 0.2) is 0 Å². The predicted molar refractivity (Wildman–Crippen MR) is 79.8 cm³/mol. The first-order valence-electron chi connectivity index (χ1n) is 6.59. The monoisotopic (exact) mass is 292 g/mol. The molecule has 0 aliphatic carbocycles. The van der Waals surface area contributed by atoms with Crippen molar-refractivity contribution in [2.45, 2.75) is 33.2 Å². The molecule has 1 aromatic heterocycles. The lowest BCUT2D eigenvalue weighted by atomic mass is 10.1. The van der Waals surface area contributed by atoms with Gasteiger partial charge in [0.05, 0.1) is 0 Å². The normalized spacial score (nSPS) is 11.3. The molecule has 2 rings (SSSR count). The molecule has 1 heterocycles. The third kappa shape index (κ3) is 4.11. The first-order valence-corrected chi connectivity index (χ1v) is 6.59. The molecule has 4 nitrogen and oxygen atoms in total. The van der Waals surface area contributed by atoms with Crippen LogP contribution in [0.4, 0.5) is 26.2 Å². The molecule has 0 aliphatic rings. The fourth-order valence-corrected chi connectivity index (χ4v) is 1.77. The van der Waals surface area contributed by atoms with Gasteiger partial charge in [-0.05, 0) is 39.8 Å². The summed E-state index contributed by atoms with van der Waals surface area (Å²) in [5.74, 6) is -0.604. The number of halogens is 2. The molecule has 21 heavy (non-hydrogen) atoms. The highest BCUT2D eigenvalue weighted by Gasteiger charge is 2.14. The van der Waals surface area contributed by atoms with Crippen molar-refractivity contribution in [1.82, 2.24) is 9.97 Å². The van der Waals surface area contributed by atoms with E-state index >= 15 is 0 Å². The van der Waals surface area contributed by atoms with Gasteiger partial charge in [-0.3, -0.25) is 0 Å². The summed E-state index contributed by atoms with van der Waals surface area (Å²) < 4.78 is 27.3. The molecule has 0 aliphatic heterocycles. The molecule has 0 saturated carbocycles. The number of aromatic nitrogens is 2. The summed E-state index contributed by atoms with van der Waals surface area (Å²) in [6, 6.07) is 5.31. The molecular weight excluding hydrogens is 274 g/mol. The van der Waals surface area contributed by atoms with Crippen LogP contribution in [-0.2, 0) is 0 Å². The molecule has 1 aromatic carbocycles. The number of nitrogens with one attached hydrogen (secondary N) is 2. The summed E-state index contributed by atoms with van der Waals surface area (Å²) in [7, 11) is 0. The summed E-state index contributed by atoms with van der Waals surface area (Å²) in [6.07, 6.45) is 0. The second-order valence-electron chi connectivity index (χ2n) is 5.81. The Morgan fingerprint density at radius 1 is 1.05 bits per heavy atom. The minimum Gasteiger partial charge on any atom is -0.350 e. The van der Waals surface area contributed by atoms with Crippen LogP contribution in [0.2, 0.25) is 0 Å². The molecule has 112 valence electrons. The quantitative estimate of drug-likeness (QED) is 0.897. The molecule has 0 unspecified atom stereocenters. The summed E-state index contributed by atoms with van der Waals surface area (Å²) in [5.41, 5.74) is 0.252. The minimum atomic E-state index is -0.670. The maximum Gasteiger partial charge on any atom is 0.225 e. The molecule has 0 radical (unpaired) electrons. The van der Waals surface area contributed by atoms with Crippen LogP contribution in [0, 0.1) is 18.6 Å². The van der Waals surface area contributed by atoms with E-state index in [2.05, 4.69) is 20.6 Å². The molecule has 6 heteroatoms. The molecule has 0 spiro atoms. The number of nitrogens with zero attached hydrogens (tertiary/aromatic N) is 2. The van der Waals surface area contributed by atoms with Crippen molar-refractivity contribution < 1.29 is 8.78 Å². The number of anilines is 3. The van der Waals surface area contributed by atoms with Crippen molar-refractivity contribution >= 4 is 17.5 Å². The number of benzene rings is 1. The summed E-state index contributed by atoms with van der Waals surface area (Å²) >= 11 is 0. The molecular formula is C15H18F2N4. The Labute approximate surface area is 122 Å². The highest BCUT2D eigenvalue weighted by molar-refractivity contribution is 5.59. The van der Waals surface area contributed by atoms with E-state index < -0.39 is 11.6 Å². The highest BCUT2D eigenvalue weighted by atomic mass is 19.1. The number of para-hydroxylation sites is 1. The number of hydrogen-bond donors (Lipinski definition) is 2. The van der Waals surface area contributed by atoms with Crippen LogP contribution < -0.4 is 10.6 Å². The van der Waals surface area contributed by atoms with Gasteiger partial charge in [-0.1, -0.05) is 6.07 Å². The van der Waals surface area contributed by atoms with Crippen molar-refractivity contribution in [3.8, 4) is 0 Å². The van der Waals surface area contributed by atoms with E-state index in [4.69, 9.17) is 0 Å². The van der Waals surface area contributed by atoms with Crippen molar-refractivity contribution in [3.63, 3.8) is 0 Å². The van der Waals surface area contributed by atoms with E-state index in [-0.39, 0.29) is 11.2 Å². The first kappa shape index (κ1) is 15.2. The SMILES string of the molecule is Cc1cc(Nc2c(F)cccc2F)nc(NC(C)(C)C)n1. The maximum absolute atomic E-state index is 13.6. The summed E-state index contributed by atoms with van der Waals surface area (Å²) in [4.78, 5) is 8.49. The van der Waals surface area contributed by atoms with Gasteiger partial charge in [-0.15, -0.1) is 0 Å². The van der Waals surface area contributed by atoms with Crippen LogP contribution in [-0.4, -0.2) is 15.5 Å². The van der Waals surface area contributed by atoms with Crippen LogP contribution >= 0.6 is 0 Å². The van der Waals surface area contributed by atoms with Gasteiger partial charge in [0.25, 0.3) is 0 Å². The second kappa shape index (κ2) is 5.63. The van der Waals surface area contributed by atoms with Gasteiger partial charge >= 0.3 is 0 Å².